The van der Waals surface area contributed by atoms with Gasteiger partial charge in [0.25, 0.3) is 5.91 Å². The molecule has 0 aliphatic carbocycles. The summed E-state index contributed by atoms with van der Waals surface area (Å²) in [4.78, 5) is 29.5. The molecule has 2 fully saturated rings. The van der Waals surface area contributed by atoms with Gasteiger partial charge < -0.3 is 10.2 Å². The Morgan fingerprint density at radius 1 is 0.892 bits per heavy atom. The van der Waals surface area contributed by atoms with Gasteiger partial charge in [0.05, 0.1) is 6.54 Å². The Bertz CT molecular complexity index is 1140. The van der Waals surface area contributed by atoms with Gasteiger partial charge in [-0.05, 0) is 74.5 Å². The number of alkyl halides is 3. The normalized spacial score (nSPS) is 20.0. The summed E-state index contributed by atoms with van der Waals surface area (Å²) in [6.07, 6.45) is 0.814. The lowest BCUT2D eigenvalue weighted by atomic mass is 9.89. The number of benzene rings is 2. The number of carbonyl (C=O) groups excluding carboxylic acids is 2. The minimum absolute atomic E-state index is 0.111. The number of hydrogen-bond acceptors (Lipinski definition) is 5. The van der Waals surface area contributed by atoms with Crippen LogP contribution in [0.25, 0.3) is 0 Å². The zero-order valence-corrected chi connectivity index (χ0v) is 20.5. The smallest absolute Gasteiger partial charge is 0.342 e. The van der Waals surface area contributed by atoms with E-state index in [2.05, 4.69) is 20.4 Å². The topological polar surface area (TPSA) is 77.4 Å². The number of nitrogens with one attached hydrogen (secondary N) is 1. The molecule has 3 aliphatic rings. The molecule has 0 aromatic heterocycles. The number of carbonyl (C=O) groups is 2. The first-order valence-electron chi connectivity index (χ1n) is 12.8. The number of nitrogens with zero attached hydrogens (tertiary/aromatic N) is 4. The molecule has 37 heavy (non-hydrogen) atoms. The zero-order valence-electron chi connectivity index (χ0n) is 20.5. The van der Waals surface area contributed by atoms with Gasteiger partial charge in [-0.2, -0.15) is 13.2 Å². The number of piperidine rings is 2. The highest BCUT2D eigenvalue weighted by atomic mass is 19.4. The summed E-state index contributed by atoms with van der Waals surface area (Å²) in [5.74, 6) is 0.169. The highest BCUT2D eigenvalue weighted by Crippen LogP contribution is 2.52. The first-order chi connectivity index (χ1) is 17.7. The van der Waals surface area contributed by atoms with Crippen LogP contribution in [0, 0.1) is 0 Å². The van der Waals surface area contributed by atoms with E-state index in [4.69, 9.17) is 0 Å². The van der Waals surface area contributed by atoms with Crippen LogP contribution in [0.2, 0.25) is 0 Å². The molecule has 0 unspecified atom stereocenters. The molecule has 2 aromatic rings. The number of halogens is 3. The van der Waals surface area contributed by atoms with Gasteiger partial charge in [-0.3, -0.25) is 14.5 Å². The first-order valence-corrected chi connectivity index (χ1v) is 12.8. The molecule has 0 bridgehead atoms. The van der Waals surface area contributed by atoms with Gasteiger partial charge in [0.2, 0.25) is 5.91 Å². The molecule has 2 saturated heterocycles. The third kappa shape index (κ3) is 5.53. The Kier molecular flexibility index (Phi) is 7.02. The van der Waals surface area contributed by atoms with Gasteiger partial charge in [0.1, 0.15) is 0 Å². The Balaban J connectivity index is 1.11. The highest BCUT2D eigenvalue weighted by molar-refractivity contribution is 6.04. The van der Waals surface area contributed by atoms with Crippen molar-refractivity contribution in [1.82, 2.24) is 9.80 Å². The molecule has 0 saturated carbocycles. The number of rotatable bonds is 6. The van der Waals surface area contributed by atoms with E-state index in [1.807, 2.05) is 29.2 Å². The van der Waals surface area contributed by atoms with Crippen molar-refractivity contribution in [3.05, 3.63) is 65.2 Å². The average molecular weight is 514 g/mol. The van der Waals surface area contributed by atoms with Crippen molar-refractivity contribution < 1.29 is 22.8 Å². The van der Waals surface area contributed by atoms with Crippen molar-refractivity contribution >= 4 is 17.5 Å². The number of anilines is 1. The van der Waals surface area contributed by atoms with E-state index in [0.29, 0.717) is 18.2 Å². The molecular weight excluding hydrogens is 483 g/mol. The van der Waals surface area contributed by atoms with E-state index in [1.165, 1.54) is 49.1 Å². The van der Waals surface area contributed by atoms with E-state index >= 15 is 0 Å². The molecule has 3 heterocycles. The number of likely N-dealkylation sites (tertiary alicyclic amines) is 2. The minimum Gasteiger partial charge on any atom is -0.342 e. The van der Waals surface area contributed by atoms with Crippen LogP contribution in [-0.4, -0.2) is 60.5 Å². The van der Waals surface area contributed by atoms with Crippen molar-refractivity contribution in [3.8, 4) is 0 Å². The van der Waals surface area contributed by atoms with Crippen LogP contribution >= 0.6 is 0 Å². The van der Waals surface area contributed by atoms with Crippen LogP contribution in [0.5, 0.6) is 0 Å². The first kappa shape index (κ1) is 25.4. The quantitative estimate of drug-likeness (QED) is 0.569. The van der Waals surface area contributed by atoms with E-state index in [-0.39, 0.29) is 17.0 Å². The molecular formula is C27H30F3N5O2. The molecule has 5 rings (SSSR count). The van der Waals surface area contributed by atoms with Gasteiger partial charge in [-0.25, -0.2) is 0 Å². The maximum atomic E-state index is 13.2. The van der Waals surface area contributed by atoms with Crippen LogP contribution < -0.4 is 5.32 Å². The molecule has 3 aliphatic heterocycles. The molecule has 0 radical (unpaired) electrons. The Morgan fingerprint density at radius 3 is 2.08 bits per heavy atom. The minimum atomic E-state index is -4.60. The third-order valence-corrected chi connectivity index (χ3v) is 7.54. The van der Waals surface area contributed by atoms with Gasteiger partial charge in [0.15, 0.2) is 0 Å². The van der Waals surface area contributed by atoms with Crippen LogP contribution in [0.4, 0.5) is 18.9 Å². The second kappa shape index (κ2) is 10.2. The second-order valence-corrected chi connectivity index (χ2v) is 10.0. The predicted octanol–water partition coefficient (Wildman–Crippen LogP) is 5.31. The second-order valence-electron chi connectivity index (χ2n) is 10.0. The SMILES string of the molecule is O=C(Nc1ccc(C2CCN(C(=O)CN3CCCCC3)CC2)cc1)c1ccc(C2(C(F)(F)F)N=N2)cc1. The Labute approximate surface area is 213 Å². The summed E-state index contributed by atoms with van der Waals surface area (Å²) in [5.41, 5.74) is -0.590. The maximum absolute atomic E-state index is 13.2. The summed E-state index contributed by atoms with van der Waals surface area (Å²) in [6.45, 7) is 4.06. The Hall–Kier alpha value is -3.27. The molecule has 1 N–H and O–H groups in total. The van der Waals surface area contributed by atoms with Crippen LogP contribution in [0.1, 0.15) is 59.5 Å². The van der Waals surface area contributed by atoms with Gasteiger partial charge in [-0.15, -0.1) is 10.2 Å². The highest BCUT2D eigenvalue weighted by Gasteiger charge is 2.65. The lowest BCUT2D eigenvalue weighted by Gasteiger charge is -2.34. The van der Waals surface area contributed by atoms with Crippen LogP contribution in [-0.2, 0) is 10.5 Å². The standard InChI is InChI=1S/C27H30F3N5O2/c28-27(29,30)26(32-33-26)22-8-4-21(5-9-22)25(37)31-23-10-6-19(7-11-23)20-12-16-35(17-13-20)24(36)18-34-14-2-1-3-15-34/h4-11,20H,1-3,12-18H2,(H,31,37). The number of hydrogen-bond donors (Lipinski definition) is 1. The van der Waals surface area contributed by atoms with E-state index in [9.17, 15) is 22.8 Å². The van der Waals surface area contributed by atoms with Crippen molar-refractivity contribution in [1.29, 1.82) is 0 Å². The summed E-state index contributed by atoms with van der Waals surface area (Å²) in [6, 6.07) is 12.8. The van der Waals surface area contributed by atoms with Crippen molar-refractivity contribution in [2.75, 3.05) is 38.0 Å². The fourth-order valence-corrected chi connectivity index (χ4v) is 5.21. The van der Waals surface area contributed by atoms with Gasteiger partial charge >= 0.3 is 11.8 Å². The average Bonchev–Trinajstić information content (AvgIpc) is 3.73. The summed E-state index contributed by atoms with van der Waals surface area (Å²) >= 11 is 0. The fourth-order valence-electron chi connectivity index (χ4n) is 5.21. The number of amides is 2. The van der Waals surface area contributed by atoms with E-state index in [0.717, 1.165) is 39.0 Å². The zero-order chi connectivity index (χ0) is 26.0. The van der Waals surface area contributed by atoms with Crippen LogP contribution in [0.15, 0.2) is 58.8 Å². The summed E-state index contributed by atoms with van der Waals surface area (Å²) < 4.78 is 39.5. The third-order valence-electron chi connectivity index (χ3n) is 7.54. The largest absolute Gasteiger partial charge is 0.442 e. The molecule has 196 valence electrons. The van der Waals surface area contributed by atoms with Crippen molar-refractivity contribution in [3.63, 3.8) is 0 Å². The van der Waals surface area contributed by atoms with Crippen LogP contribution in [0.3, 0.4) is 0 Å². The summed E-state index contributed by atoms with van der Waals surface area (Å²) in [7, 11) is 0. The van der Waals surface area contributed by atoms with Gasteiger partial charge in [-0.1, -0.05) is 30.7 Å². The molecule has 2 aromatic carbocycles. The summed E-state index contributed by atoms with van der Waals surface area (Å²) in [5, 5.41) is 9.15. The predicted molar refractivity (Wildman–Crippen MR) is 132 cm³/mol. The van der Waals surface area contributed by atoms with Crippen molar-refractivity contribution in [2.45, 2.75) is 49.9 Å². The van der Waals surface area contributed by atoms with Gasteiger partial charge in [0, 0.05) is 29.9 Å². The molecule has 0 atom stereocenters. The lowest BCUT2D eigenvalue weighted by molar-refractivity contribution is -0.166. The fraction of sp³-hybridized carbons (Fsp3) is 0.481. The lowest BCUT2D eigenvalue weighted by Crippen LogP contribution is -2.45. The molecule has 10 heteroatoms. The monoisotopic (exact) mass is 513 g/mol. The van der Waals surface area contributed by atoms with E-state index in [1.54, 1.807) is 0 Å². The molecule has 0 spiro atoms. The van der Waals surface area contributed by atoms with E-state index < -0.39 is 17.7 Å². The maximum Gasteiger partial charge on any atom is 0.442 e. The Morgan fingerprint density at radius 2 is 1.51 bits per heavy atom. The molecule has 2 amide bonds. The van der Waals surface area contributed by atoms with Crippen molar-refractivity contribution in [2.24, 2.45) is 10.2 Å². The molecule has 7 nitrogen and oxygen atoms in total.